The van der Waals surface area contributed by atoms with Crippen molar-refractivity contribution in [3.63, 3.8) is 0 Å². The molecule has 13 nitrogen and oxygen atoms in total. The molecule has 1 aromatic rings. The molecule has 1 aromatic heterocycles. The zero-order valence-electron chi connectivity index (χ0n) is 18.0. The summed E-state index contributed by atoms with van der Waals surface area (Å²) in [6, 6.07) is 1.11. The summed E-state index contributed by atoms with van der Waals surface area (Å²) in [5.41, 5.74) is -2.52. The standard InChI is InChI=1S/C11H14N2O10P2.C6H15N/c14-7-1-2-13(10(16)12-7)11-3-6(11)5-4-21-24(17,18)23-25(19,20)22-8(5)9(11)15;1-4-7(5-2)6-3/h1-2,5-6,8-9,15H,3-4H2,(H,17,18)(H,19,20)(H,12,14,16);4-6H2,1-3H3/t5-,6-,8+,9+,11-;/m0./s1. The number of aromatic nitrogens is 2. The molecule has 15 heteroatoms. The van der Waals surface area contributed by atoms with Crippen LogP contribution in [0.1, 0.15) is 27.2 Å². The number of aliphatic hydroxyl groups excluding tert-OH is 1. The van der Waals surface area contributed by atoms with E-state index in [0.717, 1.165) is 10.6 Å². The molecule has 2 saturated carbocycles. The molecule has 1 saturated heterocycles. The van der Waals surface area contributed by atoms with Crippen molar-refractivity contribution in [2.45, 2.75) is 44.9 Å². The molecule has 32 heavy (non-hydrogen) atoms. The van der Waals surface area contributed by atoms with E-state index in [1.165, 1.54) is 25.8 Å². The van der Waals surface area contributed by atoms with Gasteiger partial charge in [-0.2, -0.15) is 4.31 Å². The number of fused-ring (bicyclic) bond motifs is 3. The van der Waals surface area contributed by atoms with E-state index in [1.807, 2.05) is 0 Å². The van der Waals surface area contributed by atoms with Gasteiger partial charge < -0.3 is 19.8 Å². The number of aliphatic hydroxyl groups is 1. The Labute approximate surface area is 184 Å². The summed E-state index contributed by atoms with van der Waals surface area (Å²) in [6.07, 6.45) is -1.12. The van der Waals surface area contributed by atoms with Crippen LogP contribution in [0.4, 0.5) is 0 Å². The van der Waals surface area contributed by atoms with Crippen molar-refractivity contribution in [2.24, 2.45) is 11.8 Å². The number of nitrogens with zero attached hydrogens (tertiary/aromatic N) is 2. The summed E-state index contributed by atoms with van der Waals surface area (Å²) in [4.78, 5) is 46.8. The summed E-state index contributed by atoms with van der Waals surface area (Å²) < 4.78 is 38.3. The van der Waals surface area contributed by atoms with Crippen LogP contribution >= 0.6 is 15.6 Å². The second-order valence-electron chi connectivity index (χ2n) is 7.89. The second kappa shape index (κ2) is 9.25. The Hall–Kier alpha value is -1.14. The molecular formula is C17H29N3O10P2. The van der Waals surface area contributed by atoms with E-state index < -0.39 is 56.5 Å². The maximum atomic E-state index is 12.1. The lowest BCUT2D eigenvalue weighted by Gasteiger charge is -2.31. The predicted octanol–water partition coefficient (Wildman–Crippen LogP) is 0.223. The van der Waals surface area contributed by atoms with E-state index in [-0.39, 0.29) is 6.61 Å². The predicted molar refractivity (Wildman–Crippen MR) is 112 cm³/mol. The van der Waals surface area contributed by atoms with Crippen molar-refractivity contribution in [1.29, 1.82) is 0 Å². The van der Waals surface area contributed by atoms with Gasteiger partial charge in [-0.05, 0) is 32.0 Å². The third kappa shape index (κ3) is 4.86. The minimum atomic E-state index is -4.98. The van der Waals surface area contributed by atoms with Crippen molar-refractivity contribution in [2.75, 3.05) is 26.2 Å². The summed E-state index contributed by atoms with van der Waals surface area (Å²) in [5.74, 6) is -1.15. The summed E-state index contributed by atoms with van der Waals surface area (Å²) in [6.45, 7) is 9.75. The van der Waals surface area contributed by atoms with Crippen LogP contribution < -0.4 is 11.2 Å². The lowest BCUT2D eigenvalue weighted by Crippen LogP contribution is -2.45. The van der Waals surface area contributed by atoms with Crippen LogP contribution in [0.5, 0.6) is 0 Å². The number of nitrogens with one attached hydrogen (secondary N) is 1. The summed E-state index contributed by atoms with van der Waals surface area (Å²) in [7, 11) is -9.78. The van der Waals surface area contributed by atoms with Gasteiger partial charge in [0.2, 0.25) is 0 Å². The SMILES string of the molecule is CCN(CC)CC.O=c1ccn([C@@]23C[C@H]2[C@@H]2COP(=O)(O)OP(=O)(O)O[C@H]2[C@H]3O)c(=O)[nH]1. The van der Waals surface area contributed by atoms with Gasteiger partial charge in [-0.1, -0.05) is 20.8 Å². The van der Waals surface area contributed by atoms with Crippen molar-refractivity contribution >= 4 is 15.6 Å². The van der Waals surface area contributed by atoms with Crippen molar-refractivity contribution in [3.05, 3.63) is 33.1 Å². The van der Waals surface area contributed by atoms with Gasteiger partial charge in [0.15, 0.2) is 0 Å². The van der Waals surface area contributed by atoms with Crippen LogP contribution in [0.15, 0.2) is 21.9 Å². The van der Waals surface area contributed by atoms with Crippen LogP contribution in [0.3, 0.4) is 0 Å². The Bertz CT molecular complexity index is 1030. The fourth-order valence-corrected chi connectivity index (χ4v) is 6.92. The Morgan fingerprint density at radius 3 is 2.34 bits per heavy atom. The minimum Gasteiger partial charge on any atom is -0.388 e. The van der Waals surface area contributed by atoms with Gasteiger partial charge in [0, 0.05) is 18.2 Å². The van der Waals surface area contributed by atoms with Crippen LogP contribution in [0.2, 0.25) is 0 Å². The van der Waals surface area contributed by atoms with Gasteiger partial charge in [0.1, 0.15) is 12.2 Å². The number of aromatic amines is 1. The average molecular weight is 497 g/mol. The molecular weight excluding hydrogens is 468 g/mol. The highest BCUT2D eigenvalue weighted by Gasteiger charge is 2.74. The fraction of sp³-hybridized carbons (Fsp3) is 0.765. The van der Waals surface area contributed by atoms with Gasteiger partial charge in [-0.3, -0.25) is 23.4 Å². The number of phosphoric ester groups is 2. The third-order valence-corrected chi connectivity index (χ3v) is 8.93. The van der Waals surface area contributed by atoms with E-state index in [0.29, 0.717) is 6.42 Å². The Kier molecular flexibility index (Phi) is 7.36. The first-order chi connectivity index (χ1) is 14.9. The topological polar surface area (TPSA) is 181 Å². The molecule has 2 unspecified atom stereocenters. The van der Waals surface area contributed by atoms with Crippen LogP contribution in [0.25, 0.3) is 0 Å². The first-order valence-corrected chi connectivity index (χ1v) is 13.3. The number of hydrogen-bond donors (Lipinski definition) is 4. The zero-order valence-corrected chi connectivity index (χ0v) is 19.8. The van der Waals surface area contributed by atoms with Crippen LogP contribution in [-0.4, -0.2) is 67.8 Å². The number of rotatable bonds is 4. The highest BCUT2D eigenvalue weighted by molar-refractivity contribution is 7.61. The molecule has 0 radical (unpaired) electrons. The lowest BCUT2D eigenvalue weighted by molar-refractivity contribution is -0.0352. The molecule has 0 bridgehead atoms. The average Bonchev–Trinajstić information content (AvgIpc) is 3.38. The first kappa shape index (κ1) is 25.5. The molecule has 4 rings (SSSR count). The number of phosphoric acid groups is 2. The summed E-state index contributed by atoms with van der Waals surface area (Å²) >= 11 is 0. The molecule has 182 valence electrons. The van der Waals surface area contributed by atoms with E-state index in [2.05, 4.69) is 35.0 Å². The fourth-order valence-electron chi connectivity index (χ4n) is 4.59. The molecule has 4 N–H and O–H groups in total. The molecule has 7 atom stereocenters. The molecule has 0 aromatic carbocycles. The Morgan fingerprint density at radius 1 is 1.19 bits per heavy atom. The maximum Gasteiger partial charge on any atom is 0.481 e. The molecule has 0 amide bonds. The highest BCUT2D eigenvalue weighted by atomic mass is 31.3. The normalized spacial score (nSPS) is 40.5. The molecule has 0 spiro atoms. The van der Waals surface area contributed by atoms with Crippen LogP contribution in [0, 0.1) is 11.8 Å². The zero-order chi connectivity index (χ0) is 23.9. The van der Waals surface area contributed by atoms with Gasteiger partial charge in [-0.25, -0.2) is 13.9 Å². The highest BCUT2D eigenvalue weighted by Crippen LogP contribution is 2.70. The first-order valence-electron chi connectivity index (χ1n) is 10.3. The summed E-state index contributed by atoms with van der Waals surface area (Å²) in [5, 5.41) is 10.7. The second-order valence-corrected chi connectivity index (χ2v) is 10.9. The van der Waals surface area contributed by atoms with Gasteiger partial charge in [0.25, 0.3) is 5.56 Å². The van der Waals surface area contributed by atoms with Gasteiger partial charge in [0.05, 0.1) is 12.1 Å². The Morgan fingerprint density at radius 2 is 1.81 bits per heavy atom. The largest absolute Gasteiger partial charge is 0.481 e. The van der Waals surface area contributed by atoms with Crippen molar-refractivity contribution in [3.8, 4) is 0 Å². The van der Waals surface area contributed by atoms with E-state index in [9.17, 15) is 33.6 Å². The minimum absolute atomic E-state index is 0.306. The third-order valence-electron chi connectivity index (χ3n) is 6.30. The molecule has 3 fully saturated rings. The quantitative estimate of drug-likeness (QED) is 0.418. The van der Waals surface area contributed by atoms with Crippen molar-refractivity contribution < 1.29 is 37.4 Å². The Balaban J connectivity index is 0.000000360. The molecule has 3 aliphatic rings. The van der Waals surface area contributed by atoms with Gasteiger partial charge >= 0.3 is 21.3 Å². The van der Waals surface area contributed by atoms with Crippen molar-refractivity contribution in [1.82, 2.24) is 14.5 Å². The van der Waals surface area contributed by atoms with E-state index >= 15 is 0 Å². The lowest BCUT2D eigenvalue weighted by atomic mass is 10.0. The molecule has 2 aliphatic carbocycles. The monoisotopic (exact) mass is 497 g/mol. The van der Waals surface area contributed by atoms with E-state index in [1.54, 1.807) is 0 Å². The maximum absolute atomic E-state index is 12.1. The van der Waals surface area contributed by atoms with Crippen LogP contribution in [-0.2, 0) is 28.0 Å². The van der Waals surface area contributed by atoms with E-state index in [4.69, 9.17) is 9.05 Å². The number of H-pyrrole nitrogens is 1. The number of hydrogen-bond acceptors (Lipinski definition) is 9. The molecule has 1 aliphatic heterocycles. The molecule has 2 heterocycles. The van der Waals surface area contributed by atoms with Gasteiger partial charge in [-0.15, -0.1) is 0 Å². The smallest absolute Gasteiger partial charge is 0.388 e.